The molecular weight excluding hydrogens is 278 g/mol. The third kappa shape index (κ3) is 4.49. The summed E-state index contributed by atoms with van der Waals surface area (Å²) < 4.78 is 0. The van der Waals surface area contributed by atoms with Crippen LogP contribution in [0.15, 0.2) is 47.6 Å². The number of aliphatic imine (C=N–C) groups is 1. The van der Waals surface area contributed by atoms with Crippen molar-refractivity contribution in [3.63, 3.8) is 0 Å². The molecule has 0 fully saturated rings. The molecule has 0 radical (unpaired) electrons. The van der Waals surface area contributed by atoms with Crippen LogP contribution in [0.5, 0.6) is 0 Å². The summed E-state index contributed by atoms with van der Waals surface area (Å²) in [5.41, 5.74) is 4.01. The second-order valence-electron chi connectivity index (χ2n) is 5.08. The van der Waals surface area contributed by atoms with E-state index in [1.807, 2.05) is 38.1 Å². The molecule has 114 valence electrons. The molecule has 5 heteroatoms. The maximum atomic E-state index is 10.9. The Morgan fingerprint density at radius 3 is 2.82 bits per heavy atom. The van der Waals surface area contributed by atoms with Crippen LogP contribution in [0, 0.1) is 6.92 Å². The molecule has 2 rings (SSSR count). The van der Waals surface area contributed by atoms with Crippen molar-refractivity contribution in [1.82, 2.24) is 10.3 Å². The number of para-hydroxylation sites is 1. The van der Waals surface area contributed by atoms with Crippen LogP contribution in [0.1, 0.15) is 28.5 Å². The Labute approximate surface area is 129 Å². The molecule has 22 heavy (non-hydrogen) atoms. The summed E-state index contributed by atoms with van der Waals surface area (Å²) in [4.78, 5) is 19.6. The molecule has 1 aromatic carbocycles. The van der Waals surface area contributed by atoms with E-state index in [1.165, 1.54) is 12.3 Å². The first-order valence-corrected chi connectivity index (χ1v) is 7.05. The van der Waals surface area contributed by atoms with Crippen molar-refractivity contribution in [1.29, 1.82) is 0 Å². The van der Waals surface area contributed by atoms with Gasteiger partial charge in [0.05, 0.1) is 16.9 Å². The average molecular weight is 297 g/mol. The third-order valence-electron chi connectivity index (χ3n) is 3.18. The van der Waals surface area contributed by atoms with Crippen LogP contribution in [0.3, 0.4) is 0 Å². The number of carboxylic acid groups (broad SMARTS) is 1. The average Bonchev–Trinajstić information content (AvgIpc) is 2.50. The smallest absolute Gasteiger partial charge is 0.335 e. The highest BCUT2D eigenvalue weighted by molar-refractivity contribution is 5.87. The van der Waals surface area contributed by atoms with E-state index in [1.54, 1.807) is 6.07 Å². The summed E-state index contributed by atoms with van der Waals surface area (Å²) in [5.74, 6) is -0.944. The van der Waals surface area contributed by atoms with Crippen molar-refractivity contribution < 1.29 is 9.90 Å². The zero-order chi connectivity index (χ0) is 15.9. The van der Waals surface area contributed by atoms with E-state index in [0.29, 0.717) is 18.8 Å². The summed E-state index contributed by atoms with van der Waals surface area (Å²) in [6.07, 6.45) is 1.51. The number of carbonyl (C=O) groups is 1. The van der Waals surface area contributed by atoms with E-state index in [0.717, 1.165) is 17.0 Å². The first-order chi connectivity index (χ1) is 10.6. The van der Waals surface area contributed by atoms with Crippen molar-refractivity contribution in [3.05, 3.63) is 59.4 Å². The Kier molecular flexibility index (Phi) is 5.38. The molecule has 2 aromatic rings. The second kappa shape index (κ2) is 7.47. The van der Waals surface area contributed by atoms with E-state index in [2.05, 4.69) is 15.3 Å². The number of aryl methyl sites for hydroxylation is 1. The maximum Gasteiger partial charge on any atom is 0.335 e. The zero-order valence-electron chi connectivity index (χ0n) is 12.7. The molecule has 2 N–H and O–H groups in total. The molecule has 0 aliphatic carbocycles. The fraction of sp³-hybridized carbons (Fsp3) is 0.235. The summed E-state index contributed by atoms with van der Waals surface area (Å²) in [5, 5.41) is 12.2. The van der Waals surface area contributed by atoms with Crippen LogP contribution in [0.25, 0.3) is 0 Å². The molecule has 0 saturated heterocycles. The van der Waals surface area contributed by atoms with Crippen LogP contribution >= 0.6 is 0 Å². The Morgan fingerprint density at radius 2 is 2.09 bits per heavy atom. The van der Waals surface area contributed by atoms with Gasteiger partial charge in [-0.05, 0) is 37.6 Å². The Morgan fingerprint density at radius 1 is 1.32 bits per heavy atom. The number of hydrogen-bond acceptors (Lipinski definition) is 4. The first kappa shape index (κ1) is 15.9. The van der Waals surface area contributed by atoms with Crippen molar-refractivity contribution in [2.45, 2.75) is 20.4 Å². The lowest BCUT2D eigenvalue weighted by Crippen LogP contribution is -2.21. The minimum atomic E-state index is -0.944. The minimum absolute atomic E-state index is 0.247. The fourth-order valence-electron chi connectivity index (χ4n) is 2.01. The highest BCUT2D eigenvalue weighted by Crippen LogP contribution is 2.17. The molecule has 0 aliphatic rings. The van der Waals surface area contributed by atoms with Gasteiger partial charge in [-0.1, -0.05) is 18.2 Å². The van der Waals surface area contributed by atoms with Gasteiger partial charge in [0.2, 0.25) is 0 Å². The van der Waals surface area contributed by atoms with E-state index < -0.39 is 5.97 Å². The van der Waals surface area contributed by atoms with Gasteiger partial charge >= 0.3 is 5.97 Å². The summed E-state index contributed by atoms with van der Waals surface area (Å²) in [6, 6.07) is 11.0. The summed E-state index contributed by atoms with van der Waals surface area (Å²) in [6.45, 7) is 5.11. The van der Waals surface area contributed by atoms with Crippen LogP contribution in [-0.4, -0.2) is 28.3 Å². The molecule has 0 atom stereocenters. The molecule has 1 aromatic heterocycles. The topological polar surface area (TPSA) is 74.6 Å². The second-order valence-corrected chi connectivity index (χ2v) is 5.08. The molecule has 5 nitrogen and oxygen atoms in total. The largest absolute Gasteiger partial charge is 0.478 e. The van der Waals surface area contributed by atoms with Crippen LogP contribution in [-0.2, 0) is 6.54 Å². The number of aromatic carboxylic acids is 1. The first-order valence-electron chi connectivity index (χ1n) is 7.05. The number of benzene rings is 1. The number of aromatic nitrogens is 1. The van der Waals surface area contributed by atoms with E-state index in [-0.39, 0.29) is 5.56 Å². The van der Waals surface area contributed by atoms with E-state index in [9.17, 15) is 4.79 Å². The molecule has 0 unspecified atom stereocenters. The van der Waals surface area contributed by atoms with Crippen molar-refractivity contribution in [3.8, 4) is 0 Å². The number of nitrogens with zero attached hydrogens (tertiary/aromatic N) is 2. The van der Waals surface area contributed by atoms with Crippen LogP contribution < -0.4 is 5.32 Å². The zero-order valence-corrected chi connectivity index (χ0v) is 12.7. The third-order valence-corrected chi connectivity index (χ3v) is 3.18. The number of hydrogen-bond donors (Lipinski definition) is 2. The molecule has 1 heterocycles. The predicted octanol–water partition coefficient (Wildman–Crippen LogP) is 2.97. The van der Waals surface area contributed by atoms with Gasteiger partial charge in [-0.3, -0.25) is 9.98 Å². The van der Waals surface area contributed by atoms with Crippen molar-refractivity contribution in [2.24, 2.45) is 4.99 Å². The number of rotatable bonds is 6. The normalized spacial score (nSPS) is 11.5. The highest BCUT2D eigenvalue weighted by Gasteiger charge is 2.04. The van der Waals surface area contributed by atoms with Gasteiger partial charge in [-0.25, -0.2) is 4.79 Å². The minimum Gasteiger partial charge on any atom is -0.478 e. The molecular formula is C17H19N3O2. The summed E-state index contributed by atoms with van der Waals surface area (Å²) in [7, 11) is 0. The fourth-order valence-corrected chi connectivity index (χ4v) is 2.01. The molecule has 0 bridgehead atoms. The molecule has 0 spiro atoms. The van der Waals surface area contributed by atoms with Crippen molar-refractivity contribution in [2.75, 3.05) is 6.54 Å². The number of pyridine rings is 1. The standard InChI is InChI=1S/C17H19N3O2/c1-12-5-3-4-6-16(12)20-13(2)10-18-11-15-9-14(17(21)22)7-8-19-15/h3-9,18H,10-11H2,1-2H3,(H,21,22)/b20-13+. The Hall–Kier alpha value is -2.53. The molecule has 0 saturated carbocycles. The van der Waals surface area contributed by atoms with Crippen molar-refractivity contribution >= 4 is 17.4 Å². The van der Waals surface area contributed by atoms with Gasteiger partial charge in [0.25, 0.3) is 0 Å². The SMILES string of the molecule is C/C(CNCc1cc(C(=O)O)ccn1)=N\c1ccccc1C. The van der Waals surface area contributed by atoms with E-state index in [4.69, 9.17) is 5.11 Å². The van der Waals surface area contributed by atoms with Gasteiger partial charge in [-0.15, -0.1) is 0 Å². The van der Waals surface area contributed by atoms with E-state index >= 15 is 0 Å². The lowest BCUT2D eigenvalue weighted by atomic mass is 10.2. The Balaban J connectivity index is 1.92. The van der Waals surface area contributed by atoms with Gasteiger partial charge in [0.15, 0.2) is 0 Å². The van der Waals surface area contributed by atoms with Gasteiger partial charge in [-0.2, -0.15) is 0 Å². The molecule has 0 amide bonds. The number of carboxylic acids is 1. The Bertz CT molecular complexity index is 696. The summed E-state index contributed by atoms with van der Waals surface area (Å²) >= 11 is 0. The van der Waals surface area contributed by atoms with Gasteiger partial charge < -0.3 is 10.4 Å². The lowest BCUT2D eigenvalue weighted by Gasteiger charge is -2.06. The number of nitrogens with one attached hydrogen (secondary N) is 1. The van der Waals surface area contributed by atoms with Gasteiger partial charge in [0, 0.05) is 25.0 Å². The monoisotopic (exact) mass is 297 g/mol. The predicted molar refractivity (Wildman–Crippen MR) is 86.9 cm³/mol. The van der Waals surface area contributed by atoms with Gasteiger partial charge in [0.1, 0.15) is 0 Å². The lowest BCUT2D eigenvalue weighted by molar-refractivity contribution is 0.0696. The quantitative estimate of drug-likeness (QED) is 0.804. The van der Waals surface area contributed by atoms with Crippen LogP contribution in [0.2, 0.25) is 0 Å². The molecule has 0 aliphatic heterocycles. The maximum absolute atomic E-state index is 10.9. The highest BCUT2D eigenvalue weighted by atomic mass is 16.4. The van der Waals surface area contributed by atoms with Crippen LogP contribution in [0.4, 0.5) is 5.69 Å².